The molecule has 4 aromatic heterocycles. The highest BCUT2D eigenvalue weighted by Gasteiger charge is 2.22. The van der Waals surface area contributed by atoms with Gasteiger partial charge in [0.2, 0.25) is 22.4 Å². The Labute approximate surface area is 298 Å². The highest BCUT2D eigenvalue weighted by molar-refractivity contribution is 6.28. The van der Waals surface area contributed by atoms with Crippen LogP contribution >= 0.6 is 23.2 Å². The highest BCUT2D eigenvalue weighted by atomic mass is 35.5. The van der Waals surface area contributed by atoms with Crippen molar-refractivity contribution in [2.45, 2.75) is 42.5 Å². The van der Waals surface area contributed by atoms with E-state index in [9.17, 15) is 9.59 Å². The fraction of sp³-hybridized carbons (Fsp3) is 0.297. The largest absolute Gasteiger partial charge is 0.350 e. The van der Waals surface area contributed by atoms with E-state index in [1.165, 1.54) is 0 Å². The first-order valence-electron chi connectivity index (χ1n) is 15.1. The zero-order chi connectivity index (χ0) is 34.0. The third-order valence-corrected chi connectivity index (χ3v) is 8.14. The van der Waals surface area contributed by atoms with Crippen molar-refractivity contribution in [1.82, 2.24) is 29.1 Å². The van der Waals surface area contributed by atoms with Crippen LogP contribution in [0.5, 0.6) is 0 Å². The number of rotatable bonds is 6. The highest BCUT2D eigenvalue weighted by Crippen LogP contribution is 2.36. The van der Waals surface area contributed by atoms with Gasteiger partial charge in [0.1, 0.15) is 11.4 Å². The van der Waals surface area contributed by atoms with Gasteiger partial charge in [-0.05, 0) is 35.3 Å². The smallest absolute Gasteiger partial charge is 0.229 e. The lowest BCUT2D eigenvalue weighted by molar-refractivity contribution is -0.121. The van der Waals surface area contributed by atoms with Gasteiger partial charge in [0, 0.05) is 78.3 Å². The van der Waals surface area contributed by atoms with E-state index < -0.39 is 0 Å². The molecule has 4 heterocycles. The summed E-state index contributed by atoms with van der Waals surface area (Å²) >= 11 is 12.0. The molecule has 0 fully saturated rings. The van der Waals surface area contributed by atoms with Crippen LogP contribution in [0.2, 0.25) is 10.6 Å². The molecule has 0 atom stereocenters. The minimum absolute atomic E-state index is 0. The summed E-state index contributed by atoms with van der Waals surface area (Å²) < 4.78 is 4.06. The van der Waals surface area contributed by atoms with Crippen LogP contribution in [-0.2, 0) is 23.7 Å². The maximum absolute atomic E-state index is 12.4. The van der Waals surface area contributed by atoms with E-state index in [1.807, 2.05) is 112 Å². The first-order valence-corrected chi connectivity index (χ1v) is 15.8. The summed E-state index contributed by atoms with van der Waals surface area (Å²) in [5.41, 5.74) is 6.49. The molecule has 10 nitrogen and oxygen atoms in total. The standard InChI is InChI=1S/C18H19ClN4O.C17H17ClN4O.2CH4/c1-11(2)17(24)23(4)15-9-20-18(19)21-16(15)13-10-22(3)14-8-6-5-7-12(13)14;1-10(2)16(23)20-13-8-19-17(18)21-15(13)12-9-22(3)14-7-5-4-6-11(12)14;;/h5-11H,1-4H3;4-10H,1-3H3,(H,20,23);2*1H4. The van der Waals surface area contributed by atoms with E-state index in [1.54, 1.807) is 24.3 Å². The van der Waals surface area contributed by atoms with E-state index in [2.05, 4.69) is 25.3 Å². The molecular weight excluding hydrogens is 659 g/mol. The van der Waals surface area contributed by atoms with Crippen molar-refractivity contribution < 1.29 is 9.59 Å². The second kappa shape index (κ2) is 16.1. The number of hydrogen-bond acceptors (Lipinski definition) is 6. The molecule has 0 bridgehead atoms. The predicted octanol–water partition coefficient (Wildman–Crippen LogP) is 9.06. The summed E-state index contributed by atoms with van der Waals surface area (Å²) in [6.45, 7) is 7.41. The van der Waals surface area contributed by atoms with Crippen LogP contribution in [0, 0.1) is 11.8 Å². The van der Waals surface area contributed by atoms with Crippen LogP contribution in [0.4, 0.5) is 11.4 Å². The minimum atomic E-state index is -0.133. The molecule has 12 heteroatoms. The maximum Gasteiger partial charge on any atom is 0.229 e. The second-order valence-electron chi connectivity index (χ2n) is 11.8. The van der Waals surface area contributed by atoms with E-state index in [0.717, 1.165) is 32.9 Å². The summed E-state index contributed by atoms with van der Waals surface area (Å²) in [4.78, 5) is 42.9. The lowest BCUT2D eigenvalue weighted by Crippen LogP contribution is -2.31. The molecule has 0 spiro atoms. The van der Waals surface area contributed by atoms with E-state index >= 15 is 0 Å². The number of aromatic nitrogens is 6. The zero-order valence-corrected chi connectivity index (χ0v) is 28.8. The fourth-order valence-corrected chi connectivity index (χ4v) is 5.57. The molecular formula is C37H44Cl2N8O2. The molecule has 6 rings (SSSR count). The third kappa shape index (κ3) is 8.09. The molecule has 0 unspecified atom stereocenters. The van der Waals surface area contributed by atoms with Crippen LogP contribution in [0.25, 0.3) is 44.3 Å². The van der Waals surface area contributed by atoms with Crippen molar-refractivity contribution in [3.05, 3.63) is 83.9 Å². The molecule has 1 N–H and O–H groups in total. The summed E-state index contributed by atoms with van der Waals surface area (Å²) in [7, 11) is 5.70. The Morgan fingerprint density at radius 1 is 0.735 bits per heavy atom. The molecule has 0 aliphatic rings. The van der Waals surface area contributed by atoms with Gasteiger partial charge >= 0.3 is 0 Å². The Bertz CT molecular complexity index is 2100. The molecule has 0 aliphatic carbocycles. The number of aryl methyl sites for hydroxylation is 2. The van der Waals surface area contributed by atoms with Crippen LogP contribution in [0.3, 0.4) is 0 Å². The van der Waals surface area contributed by atoms with Crippen molar-refractivity contribution in [2.75, 3.05) is 17.3 Å². The van der Waals surface area contributed by atoms with E-state index in [0.29, 0.717) is 22.8 Å². The summed E-state index contributed by atoms with van der Waals surface area (Å²) in [6.07, 6.45) is 7.13. The first kappa shape index (κ1) is 38.6. The van der Waals surface area contributed by atoms with Gasteiger partial charge in [0.25, 0.3) is 0 Å². The number of halogens is 2. The number of nitrogens with zero attached hydrogens (tertiary/aromatic N) is 7. The number of amides is 2. The molecule has 2 amide bonds. The Hall–Kier alpha value is -4.80. The Morgan fingerprint density at radius 2 is 1.20 bits per heavy atom. The molecule has 0 radical (unpaired) electrons. The third-order valence-electron chi connectivity index (χ3n) is 7.77. The summed E-state index contributed by atoms with van der Waals surface area (Å²) in [5.74, 6) is -0.336. The number of carbonyl (C=O) groups is 2. The first-order chi connectivity index (χ1) is 22.4. The fourth-order valence-electron chi connectivity index (χ4n) is 5.30. The van der Waals surface area contributed by atoms with E-state index in [4.69, 9.17) is 23.2 Å². The van der Waals surface area contributed by atoms with Gasteiger partial charge in [0.15, 0.2) is 0 Å². The topological polar surface area (TPSA) is 111 Å². The lowest BCUT2D eigenvalue weighted by atomic mass is 10.1. The minimum Gasteiger partial charge on any atom is -0.350 e. The molecule has 49 heavy (non-hydrogen) atoms. The second-order valence-corrected chi connectivity index (χ2v) is 12.5. The van der Waals surface area contributed by atoms with Gasteiger partial charge in [-0.1, -0.05) is 78.9 Å². The van der Waals surface area contributed by atoms with Gasteiger partial charge in [0.05, 0.1) is 23.8 Å². The number of nitrogens with one attached hydrogen (secondary N) is 1. The predicted molar refractivity (Wildman–Crippen MR) is 203 cm³/mol. The SMILES string of the molecule is C.C.CC(C)C(=O)N(C)c1cnc(Cl)nc1-c1cn(C)c2ccccc12.CC(C)C(=O)Nc1cnc(Cl)nc1-c1cn(C)c2ccccc12. The zero-order valence-electron chi connectivity index (χ0n) is 27.3. The molecule has 6 aromatic rings. The van der Waals surface area contributed by atoms with Crippen LogP contribution in [0.1, 0.15) is 42.5 Å². The van der Waals surface area contributed by atoms with Gasteiger partial charge in [-0.25, -0.2) is 19.9 Å². The van der Waals surface area contributed by atoms with Crippen molar-refractivity contribution in [3.8, 4) is 22.5 Å². The number of fused-ring (bicyclic) bond motifs is 2. The van der Waals surface area contributed by atoms with Crippen molar-refractivity contribution >= 4 is 68.2 Å². The van der Waals surface area contributed by atoms with Gasteiger partial charge in [-0.3, -0.25) is 9.59 Å². The molecule has 0 aliphatic heterocycles. The Balaban J connectivity index is 0.000000255. The molecule has 0 saturated heterocycles. The molecule has 0 saturated carbocycles. The average Bonchev–Trinajstić information content (AvgIpc) is 3.57. The average molecular weight is 704 g/mol. The van der Waals surface area contributed by atoms with Crippen molar-refractivity contribution in [1.29, 1.82) is 0 Å². The quantitative estimate of drug-likeness (QED) is 0.173. The normalized spacial score (nSPS) is 10.8. The summed E-state index contributed by atoms with van der Waals surface area (Å²) in [5, 5.41) is 5.29. The monoisotopic (exact) mass is 702 g/mol. The molecule has 2 aromatic carbocycles. The van der Waals surface area contributed by atoms with Crippen molar-refractivity contribution in [3.63, 3.8) is 0 Å². The lowest BCUT2D eigenvalue weighted by Gasteiger charge is -2.21. The van der Waals surface area contributed by atoms with Crippen LogP contribution in [-0.4, -0.2) is 47.9 Å². The maximum atomic E-state index is 12.4. The Morgan fingerprint density at radius 3 is 1.71 bits per heavy atom. The summed E-state index contributed by atoms with van der Waals surface area (Å²) in [6, 6.07) is 16.1. The van der Waals surface area contributed by atoms with Crippen LogP contribution in [0.15, 0.2) is 73.3 Å². The number of anilines is 2. The van der Waals surface area contributed by atoms with E-state index in [-0.39, 0.29) is 49.1 Å². The van der Waals surface area contributed by atoms with Gasteiger partial charge in [-0.2, -0.15) is 0 Å². The van der Waals surface area contributed by atoms with Crippen LogP contribution < -0.4 is 10.2 Å². The van der Waals surface area contributed by atoms with Crippen molar-refractivity contribution in [2.24, 2.45) is 25.9 Å². The van der Waals surface area contributed by atoms with Gasteiger partial charge in [-0.15, -0.1) is 0 Å². The number of benzene rings is 2. The number of hydrogen-bond donors (Lipinski definition) is 1. The molecule has 258 valence electrons. The number of carbonyl (C=O) groups excluding carboxylic acids is 2. The number of para-hydroxylation sites is 2. The van der Waals surface area contributed by atoms with Gasteiger partial charge < -0.3 is 19.4 Å². The Kier molecular flexibility index (Phi) is 12.7.